The van der Waals surface area contributed by atoms with Crippen LogP contribution < -0.4 is 9.47 Å². The van der Waals surface area contributed by atoms with E-state index >= 15 is 0 Å². The molecule has 7 heteroatoms. The SMILES string of the molecule is CCOC(=O)c1c(C)[nH]c(CN(Cc2ccc(C)cc2)C(=O)COc2ccc(OC)cc2)c1C. The zero-order valence-corrected chi connectivity index (χ0v) is 20.4. The van der Waals surface area contributed by atoms with Gasteiger partial charge in [-0.3, -0.25) is 4.79 Å². The van der Waals surface area contributed by atoms with Gasteiger partial charge in [0, 0.05) is 17.9 Å². The van der Waals surface area contributed by atoms with Crippen molar-refractivity contribution in [1.82, 2.24) is 9.88 Å². The van der Waals surface area contributed by atoms with Crippen molar-refractivity contribution < 1.29 is 23.8 Å². The smallest absolute Gasteiger partial charge is 0.340 e. The van der Waals surface area contributed by atoms with Crippen LogP contribution in [0.15, 0.2) is 48.5 Å². The number of hydrogen-bond donors (Lipinski definition) is 1. The third-order valence-electron chi connectivity index (χ3n) is 5.64. The molecular formula is C27H32N2O5. The maximum atomic E-state index is 13.2. The van der Waals surface area contributed by atoms with E-state index in [1.165, 1.54) is 0 Å². The summed E-state index contributed by atoms with van der Waals surface area (Å²) in [6.45, 7) is 8.43. The summed E-state index contributed by atoms with van der Waals surface area (Å²) in [4.78, 5) is 30.6. The number of aryl methyl sites for hydroxylation is 2. The second kappa shape index (κ2) is 11.4. The first kappa shape index (κ1) is 24.9. The van der Waals surface area contributed by atoms with Crippen LogP contribution in [0.3, 0.4) is 0 Å². The van der Waals surface area contributed by atoms with Gasteiger partial charge in [-0.25, -0.2) is 4.79 Å². The fraction of sp³-hybridized carbons (Fsp3) is 0.333. The molecule has 0 spiro atoms. The lowest BCUT2D eigenvalue weighted by Crippen LogP contribution is -2.34. The number of methoxy groups -OCH3 is 1. The van der Waals surface area contributed by atoms with Gasteiger partial charge in [-0.2, -0.15) is 0 Å². The maximum absolute atomic E-state index is 13.2. The van der Waals surface area contributed by atoms with Crippen LogP contribution in [0.25, 0.3) is 0 Å². The Morgan fingerprint density at radius 2 is 1.56 bits per heavy atom. The van der Waals surface area contributed by atoms with Crippen LogP contribution in [-0.2, 0) is 22.6 Å². The highest BCUT2D eigenvalue weighted by molar-refractivity contribution is 5.92. The van der Waals surface area contributed by atoms with Gasteiger partial charge in [0.2, 0.25) is 0 Å². The molecule has 0 saturated carbocycles. The Labute approximate surface area is 200 Å². The summed E-state index contributed by atoms with van der Waals surface area (Å²) in [5.74, 6) is 0.774. The number of aromatic nitrogens is 1. The molecule has 34 heavy (non-hydrogen) atoms. The van der Waals surface area contributed by atoms with Gasteiger partial charge in [-0.15, -0.1) is 0 Å². The van der Waals surface area contributed by atoms with E-state index in [1.807, 2.05) is 45.0 Å². The Balaban J connectivity index is 1.80. The molecule has 2 aromatic carbocycles. The summed E-state index contributed by atoms with van der Waals surface area (Å²) >= 11 is 0. The van der Waals surface area contributed by atoms with Crippen molar-refractivity contribution in [3.8, 4) is 11.5 Å². The molecule has 180 valence electrons. The van der Waals surface area contributed by atoms with Crippen molar-refractivity contribution in [3.63, 3.8) is 0 Å². The average molecular weight is 465 g/mol. The first-order chi connectivity index (χ1) is 16.3. The van der Waals surface area contributed by atoms with Gasteiger partial charge in [-0.1, -0.05) is 29.8 Å². The third-order valence-corrected chi connectivity index (χ3v) is 5.64. The van der Waals surface area contributed by atoms with E-state index < -0.39 is 0 Å². The van der Waals surface area contributed by atoms with Crippen LogP contribution >= 0.6 is 0 Å². The molecule has 1 aromatic heterocycles. The minimum Gasteiger partial charge on any atom is -0.497 e. The molecule has 7 nitrogen and oxygen atoms in total. The van der Waals surface area contributed by atoms with Gasteiger partial charge in [0.1, 0.15) is 11.5 Å². The zero-order chi connectivity index (χ0) is 24.7. The number of carbonyl (C=O) groups excluding carboxylic acids is 2. The predicted molar refractivity (Wildman–Crippen MR) is 130 cm³/mol. The third kappa shape index (κ3) is 6.19. The lowest BCUT2D eigenvalue weighted by molar-refractivity contribution is -0.134. The van der Waals surface area contributed by atoms with Gasteiger partial charge < -0.3 is 24.1 Å². The monoisotopic (exact) mass is 464 g/mol. The molecule has 0 aliphatic heterocycles. The van der Waals surface area contributed by atoms with Crippen molar-refractivity contribution in [2.24, 2.45) is 0 Å². The molecule has 1 heterocycles. The van der Waals surface area contributed by atoms with Crippen LogP contribution in [0.1, 0.15) is 45.4 Å². The number of esters is 1. The maximum Gasteiger partial charge on any atom is 0.340 e. The van der Waals surface area contributed by atoms with E-state index in [1.54, 1.807) is 43.2 Å². The molecule has 0 aliphatic rings. The van der Waals surface area contributed by atoms with Gasteiger partial charge in [0.25, 0.3) is 5.91 Å². The van der Waals surface area contributed by atoms with Crippen molar-refractivity contribution >= 4 is 11.9 Å². The number of amides is 1. The molecule has 1 N–H and O–H groups in total. The molecule has 0 atom stereocenters. The molecule has 0 bridgehead atoms. The second-order valence-electron chi connectivity index (χ2n) is 8.15. The van der Waals surface area contributed by atoms with Crippen LogP contribution in [0, 0.1) is 20.8 Å². The Bertz CT molecular complexity index is 1120. The highest BCUT2D eigenvalue weighted by Gasteiger charge is 2.23. The summed E-state index contributed by atoms with van der Waals surface area (Å²) in [6.07, 6.45) is 0. The fourth-order valence-corrected chi connectivity index (χ4v) is 3.73. The molecule has 0 aliphatic carbocycles. The lowest BCUT2D eigenvalue weighted by Gasteiger charge is -2.23. The molecule has 3 rings (SSSR count). The standard InChI is InChI=1S/C27H32N2O5/c1-6-33-27(31)26-19(3)24(28-20(26)4)16-29(15-21-9-7-18(2)8-10-21)25(30)17-34-23-13-11-22(32-5)12-14-23/h7-14,28H,6,15-17H2,1-5H3. The topological polar surface area (TPSA) is 80.9 Å². The van der Waals surface area contributed by atoms with E-state index in [0.717, 1.165) is 33.8 Å². The van der Waals surface area contributed by atoms with Gasteiger partial charge >= 0.3 is 5.97 Å². The Morgan fingerprint density at radius 1 is 0.912 bits per heavy atom. The van der Waals surface area contributed by atoms with Gasteiger partial charge in [-0.05, 0) is 63.1 Å². The number of ether oxygens (including phenoxy) is 3. The van der Waals surface area contributed by atoms with Crippen LogP contribution in [-0.4, -0.2) is 42.1 Å². The van der Waals surface area contributed by atoms with E-state index in [-0.39, 0.29) is 18.5 Å². The molecule has 0 saturated heterocycles. The number of nitrogens with zero attached hydrogens (tertiary/aromatic N) is 1. The summed E-state index contributed by atoms with van der Waals surface area (Å²) in [7, 11) is 1.60. The number of nitrogens with one attached hydrogen (secondary N) is 1. The Morgan fingerprint density at radius 3 is 2.18 bits per heavy atom. The van der Waals surface area contributed by atoms with Crippen LogP contribution in [0.5, 0.6) is 11.5 Å². The summed E-state index contributed by atoms with van der Waals surface area (Å²) in [5, 5.41) is 0. The van der Waals surface area contributed by atoms with E-state index in [2.05, 4.69) is 4.98 Å². The average Bonchev–Trinajstić information content (AvgIpc) is 3.11. The molecule has 3 aromatic rings. The second-order valence-corrected chi connectivity index (χ2v) is 8.15. The van der Waals surface area contributed by atoms with Crippen molar-refractivity contribution in [2.45, 2.75) is 40.8 Å². The van der Waals surface area contributed by atoms with Crippen LogP contribution in [0.4, 0.5) is 0 Å². The molecule has 0 radical (unpaired) electrons. The molecule has 0 fully saturated rings. The molecule has 1 amide bonds. The van der Waals surface area contributed by atoms with Crippen molar-refractivity contribution in [2.75, 3.05) is 20.3 Å². The highest BCUT2D eigenvalue weighted by Crippen LogP contribution is 2.22. The summed E-state index contributed by atoms with van der Waals surface area (Å²) < 4.78 is 16.1. The van der Waals surface area contributed by atoms with Gasteiger partial charge in [0.05, 0.1) is 25.8 Å². The largest absolute Gasteiger partial charge is 0.497 e. The minimum atomic E-state index is -0.362. The Hall–Kier alpha value is -3.74. The lowest BCUT2D eigenvalue weighted by atomic mass is 10.1. The number of H-pyrrole nitrogens is 1. The fourth-order valence-electron chi connectivity index (χ4n) is 3.73. The van der Waals surface area contributed by atoms with E-state index in [9.17, 15) is 9.59 Å². The number of aromatic amines is 1. The predicted octanol–water partition coefficient (Wildman–Crippen LogP) is 4.73. The Kier molecular flexibility index (Phi) is 8.35. The van der Waals surface area contributed by atoms with Crippen molar-refractivity contribution in [1.29, 1.82) is 0 Å². The normalized spacial score (nSPS) is 10.6. The first-order valence-corrected chi connectivity index (χ1v) is 11.3. The minimum absolute atomic E-state index is 0.109. The summed E-state index contributed by atoms with van der Waals surface area (Å²) in [5.41, 5.74) is 4.99. The zero-order valence-electron chi connectivity index (χ0n) is 20.4. The van der Waals surface area contributed by atoms with E-state index in [0.29, 0.717) is 31.0 Å². The van der Waals surface area contributed by atoms with Gasteiger partial charge in [0.15, 0.2) is 6.61 Å². The van der Waals surface area contributed by atoms with E-state index in [4.69, 9.17) is 14.2 Å². The summed E-state index contributed by atoms with van der Waals surface area (Å²) in [6, 6.07) is 15.2. The number of benzene rings is 2. The molecular weight excluding hydrogens is 432 g/mol. The number of carbonyl (C=O) groups is 2. The molecule has 0 unspecified atom stereocenters. The quantitative estimate of drug-likeness (QED) is 0.439. The van der Waals surface area contributed by atoms with Crippen molar-refractivity contribution in [3.05, 3.63) is 82.2 Å². The van der Waals surface area contributed by atoms with Crippen LogP contribution in [0.2, 0.25) is 0 Å². The first-order valence-electron chi connectivity index (χ1n) is 11.3. The number of rotatable bonds is 10. The highest BCUT2D eigenvalue weighted by atomic mass is 16.5. The number of hydrogen-bond acceptors (Lipinski definition) is 5.